The van der Waals surface area contributed by atoms with Crippen LogP contribution >= 0.6 is 34.8 Å². The molecule has 0 bridgehead atoms. The van der Waals surface area contributed by atoms with Crippen molar-refractivity contribution in [2.45, 2.75) is 123 Å². The molecule has 0 aliphatic carbocycles. The lowest BCUT2D eigenvalue weighted by molar-refractivity contribution is -0.440. The molecule has 4 nitrogen and oxygen atoms in total. The summed E-state index contributed by atoms with van der Waals surface area (Å²) in [5.41, 5.74) is 0.484. The van der Waals surface area contributed by atoms with Gasteiger partial charge in [0.15, 0.2) is 17.9 Å². The minimum absolute atomic E-state index is 0.0844. The van der Waals surface area contributed by atoms with Crippen LogP contribution in [-0.2, 0) is 20.6 Å². The molecular weight excluding hydrogens is 806 g/mol. The molecule has 1 aromatic carbocycles. The molecule has 0 N–H and O–H groups in total. The predicted octanol–water partition coefficient (Wildman–Crippen LogP) is 11.8. The molecule has 1 aromatic rings. The lowest BCUT2D eigenvalue weighted by Gasteiger charge is -2.39. The summed E-state index contributed by atoms with van der Waals surface area (Å²) in [6, 6.07) is 5.33. The van der Waals surface area contributed by atoms with Crippen LogP contribution in [0.2, 0.25) is 18.1 Å². The molecule has 0 fully saturated rings. The topological polar surface area (TPSA) is 44.8 Å². The number of rotatable bonds is 18. The zero-order valence-corrected chi connectivity index (χ0v) is 31.1. The third-order valence-electron chi connectivity index (χ3n) is 7.86. The molecule has 296 valence electrons. The van der Waals surface area contributed by atoms with Crippen LogP contribution in [0.5, 0.6) is 5.75 Å². The molecule has 0 radical (unpaired) electrons. The maximum absolute atomic E-state index is 14.0. The Hall–Kier alpha value is -1.47. The molecule has 0 aromatic heterocycles. The zero-order valence-electron chi connectivity index (χ0n) is 27.8. The van der Waals surface area contributed by atoms with Crippen molar-refractivity contribution >= 4 is 48.9 Å². The zero-order chi connectivity index (χ0) is 40.3. The summed E-state index contributed by atoms with van der Waals surface area (Å²) in [5.74, 6) is -37.7. The van der Waals surface area contributed by atoms with Crippen LogP contribution < -0.4 is 4.74 Å². The molecule has 0 heterocycles. The van der Waals surface area contributed by atoms with Crippen molar-refractivity contribution in [3.05, 3.63) is 42.0 Å². The maximum atomic E-state index is 14.0. The first kappa shape index (κ1) is 47.5. The van der Waals surface area contributed by atoms with E-state index >= 15 is 0 Å². The number of hydrogen-bond donors (Lipinski definition) is 0. The van der Waals surface area contributed by atoms with Crippen molar-refractivity contribution in [1.82, 2.24) is 0 Å². The van der Waals surface area contributed by atoms with E-state index in [9.17, 15) is 61.9 Å². The van der Waals surface area contributed by atoms with E-state index in [0.29, 0.717) is 5.56 Å². The van der Waals surface area contributed by atoms with Crippen LogP contribution in [0.4, 0.5) is 57.1 Å². The van der Waals surface area contributed by atoms with Crippen molar-refractivity contribution in [3.63, 3.8) is 0 Å². The third kappa shape index (κ3) is 11.8. The number of alkyl halides is 16. The summed E-state index contributed by atoms with van der Waals surface area (Å²) in [6.07, 6.45) is -10.2. The number of carbonyl (C=O) groups is 1. The van der Waals surface area contributed by atoms with Crippen molar-refractivity contribution in [1.29, 1.82) is 0 Å². The van der Waals surface area contributed by atoms with E-state index in [0.717, 1.165) is 0 Å². The van der Waals surface area contributed by atoms with Gasteiger partial charge in [-0.25, -0.2) is 0 Å². The van der Waals surface area contributed by atoms with Gasteiger partial charge in [-0.15, -0.1) is 0 Å². The van der Waals surface area contributed by atoms with E-state index in [1.54, 1.807) is 6.92 Å². The van der Waals surface area contributed by atoms with Gasteiger partial charge in [0, 0.05) is 6.42 Å². The van der Waals surface area contributed by atoms with Gasteiger partial charge in [0.2, 0.25) is 0 Å². The standard InChI is InChI=1S/C30H36Cl3F13O4Si/c1-18(50-51(5,6)23(2,3)4)22(13-10-20(47)16-25(31,32)33)49-17-19-8-11-21(12-9-19)48-15-7-14-24(34,35)26(36,37)27(38,39)28(40,41)29(42,43)30(44,45)46/h8-13,18,22H,7,14-17H2,1-6H3/b13-10+/t18-,22+/m1/s1. The smallest absolute Gasteiger partial charge is 0.460 e. The molecule has 1 rings (SSSR count). The molecule has 0 unspecified atom stereocenters. The lowest BCUT2D eigenvalue weighted by Crippen LogP contribution is -2.70. The van der Waals surface area contributed by atoms with E-state index in [1.807, 2.05) is 33.9 Å². The van der Waals surface area contributed by atoms with Crippen LogP contribution in [0.15, 0.2) is 36.4 Å². The number of hydrogen-bond acceptors (Lipinski definition) is 4. The predicted molar refractivity (Wildman–Crippen MR) is 167 cm³/mol. The molecule has 0 spiro atoms. The lowest BCUT2D eigenvalue weighted by atomic mass is 9.92. The number of ether oxygens (including phenoxy) is 2. The Morgan fingerprint density at radius 3 is 1.75 bits per heavy atom. The van der Waals surface area contributed by atoms with Gasteiger partial charge in [-0.2, -0.15) is 57.1 Å². The number of halogens is 16. The van der Waals surface area contributed by atoms with E-state index < -0.39 is 91.8 Å². The van der Waals surface area contributed by atoms with Gasteiger partial charge in [0.05, 0.1) is 25.7 Å². The van der Waals surface area contributed by atoms with Crippen LogP contribution in [0.1, 0.15) is 52.5 Å². The van der Waals surface area contributed by atoms with E-state index in [2.05, 4.69) is 0 Å². The highest BCUT2D eigenvalue weighted by atomic mass is 35.6. The molecule has 2 atom stereocenters. The summed E-state index contributed by atoms with van der Waals surface area (Å²) in [6.45, 7) is 10.8. The first-order valence-corrected chi connectivity index (χ1v) is 18.8. The summed E-state index contributed by atoms with van der Waals surface area (Å²) in [7, 11) is -2.32. The highest BCUT2D eigenvalue weighted by Gasteiger charge is 2.90. The van der Waals surface area contributed by atoms with Crippen molar-refractivity contribution in [3.8, 4) is 5.75 Å². The summed E-state index contributed by atoms with van der Waals surface area (Å²) < 4.78 is 188. The molecule has 0 aliphatic heterocycles. The van der Waals surface area contributed by atoms with Crippen molar-refractivity contribution in [2.24, 2.45) is 0 Å². The fourth-order valence-corrected chi connectivity index (χ4v) is 5.64. The summed E-state index contributed by atoms with van der Waals surface area (Å²) >= 11 is 17.0. The highest BCUT2D eigenvalue weighted by Crippen LogP contribution is 2.60. The molecule has 0 saturated carbocycles. The van der Waals surface area contributed by atoms with Gasteiger partial charge in [-0.3, -0.25) is 4.79 Å². The van der Waals surface area contributed by atoms with Crippen molar-refractivity contribution < 1.29 is 75.8 Å². The van der Waals surface area contributed by atoms with Gasteiger partial charge < -0.3 is 13.9 Å². The quantitative estimate of drug-likeness (QED) is 0.0486. The summed E-state index contributed by atoms with van der Waals surface area (Å²) in [5, 5.41) is -0.179. The van der Waals surface area contributed by atoms with Gasteiger partial charge >= 0.3 is 35.8 Å². The SMILES string of the molecule is C[C@@H](O[Si](C)(C)C(C)(C)C)[C@H](/C=C/C(=O)CC(Cl)(Cl)Cl)OCc1ccc(OCCCC(F)(F)C(F)(F)C(F)(F)C(F)(F)C(F)(F)C(F)(F)F)cc1. The number of carbonyl (C=O) groups excluding carboxylic acids is 1. The largest absolute Gasteiger partial charge is 0.494 e. The molecule has 0 saturated heterocycles. The van der Waals surface area contributed by atoms with Gasteiger partial charge in [0.25, 0.3) is 0 Å². The average molecular weight is 842 g/mol. The van der Waals surface area contributed by atoms with E-state index in [1.165, 1.54) is 36.4 Å². The number of ketones is 1. The fourth-order valence-electron chi connectivity index (χ4n) is 3.83. The molecule has 0 amide bonds. The third-order valence-corrected chi connectivity index (χ3v) is 12.8. The second-order valence-corrected chi connectivity index (χ2v) is 20.3. The Kier molecular flexibility index (Phi) is 15.4. The van der Waals surface area contributed by atoms with Crippen LogP contribution in [0.25, 0.3) is 0 Å². The van der Waals surface area contributed by atoms with E-state index in [-0.39, 0.29) is 17.4 Å². The minimum atomic E-state index is -7.94. The number of benzene rings is 1. The Bertz CT molecular complexity index is 1330. The van der Waals surface area contributed by atoms with Crippen LogP contribution in [0.3, 0.4) is 0 Å². The Balaban J connectivity index is 2.96. The monoisotopic (exact) mass is 840 g/mol. The van der Waals surface area contributed by atoms with Crippen LogP contribution in [-0.4, -0.2) is 72.5 Å². The van der Waals surface area contributed by atoms with Gasteiger partial charge in [-0.1, -0.05) is 67.7 Å². The molecule has 0 aliphatic rings. The minimum Gasteiger partial charge on any atom is -0.494 e. The average Bonchev–Trinajstić information content (AvgIpc) is 2.93. The van der Waals surface area contributed by atoms with Gasteiger partial charge in [-0.05, 0) is 61.3 Å². The Labute approximate surface area is 302 Å². The Morgan fingerprint density at radius 1 is 0.804 bits per heavy atom. The number of allylic oxidation sites excluding steroid dienone is 1. The molecule has 21 heteroatoms. The normalized spacial score (nSPS) is 16.0. The van der Waals surface area contributed by atoms with E-state index in [4.69, 9.17) is 48.7 Å². The maximum Gasteiger partial charge on any atom is 0.460 e. The van der Waals surface area contributed by atoms with Crippen LogP contribution in [0, 0.1) is 0 Å². The molecular formula is C30H36Cl3F13O4Si. The summed E-state index contributed by atoms with van der Waals surface area (Å²) in [4.78, 5) is 12.3. The molecule has 51 heavy (non-hydrogen) atoms. The Morgan fingerprint density at radius 2 is 1.29 bits per heavy atom. The second-order valence-electron chi connectivity index (χ2n) is 13.1. The first-order valence-electron chi connectivity index (χ1n) is 14.8. The highest BCUT2D eigenvalue weighted by molar-refractivity contribution is 6.74. The first-order chi connectivity index (χ1) is 22.5. The fraction of sp³-hybridized carbons (Fsp3) is 0.700. The van der Waals surface area contributed by atoms with Crippen molar-refractivity contribution in [2.75, 3.05) is 6.61 Å². The second kappa shape index (κ2) is 16.5. The van der Waals surface area contributed by atoms with Gasteiger partial charge in [0.1, 0.15) is 11.9 Å².